The zero-order valence-corrected chi connectivity index (χ0v) is 14.0. The molecule has 2 N–H and O–H groups in total. The van der Waals surface area contributed by atoms with E-state index in [4.69, 9.17) is 12.2 Å². The van der Waals surface area contributed by atoms with E-state index in [1.54, 1.807) is 16.9 Å². The van der Waals surface area contributed by atoms with E-state index in [0.717, 1.165) is 16.9 Å². The van der Waals surface area contributed by atoms with Crippen molar-refractivity contribution < 1.29 is 4.39 Å². The first kappa shape index (κ1) is 16.1. The van der Waals surface area contributed by atoms with Gasteiger partial charge in [-0.2, -0.15) is 5.10 Å². The molecule has 4 nitrogen and oxygen atoms in total. The molecule has 2 aromatic carbocycles. The van der Waals surface area contributed by atoms with Crippen LogP contribution in [0.2, 0.25) is 0 Å². The largest absolute Gasteiger partial charge is 0.332 e. The minimum atomic E-state index is -0.249. The number of hydrogen-bond donors (Lipinski definition) is 2. The van der Waals surface area contributed by atoms with Gasteiger partial charge in [-0.25, -0.2) is 4.39 Å². The lowest BCUT2D eigenvalue weighted by Crippen LogP contribution is -2.18. The third-order valence-electron chi connectivity index (χ3n) is 3.43. The molecule has 0 amide bonds. The van der Waals surface area contributed by atoms with Gasteiger partial charge in [0.25, 0.3) is 0 Å². The zero-order valence-electron chi connectivity index (χ0n) is 13.2. The van der Waals surface area contributed by atoms with Crippen LogP contribution in [-0.2, 0) is 6.54 Å². The van der Waals surface area contributed by atoms with Gasteiger partial charge >= 0.3 is 0 Å². The van der Waals surface area contributed by atoms with Gasteiger partial charge in [0.15, 0.2) is 5.11 Å². The van der Waals surface area contributed by atoms with Crippen molar-refractivity contribution in [3.63, 3.8) is 0 Å². The second-order valence-electron chi connectivity index (χ2n) is 5.50. The number of halogens is 1. The number of nitrogens with zero attached hydrogens (tertiary/aromatic N) is 2. The normalized spacial score (nSPS) is 10.4. The van der Waals surface area contributed by atoms with E-state index in [9.17, 15) is 4.39 Å². The van der Waals surface area contributed by atoms with Gasteiger partial charge in [0.2, 0.25) is 0 Å². The van der Waals surface area contributed by atoms with Crippen molar-refractivity contribution in [2.75, 3.05) is 10.6 Å². The summed E-state index contributed by atoms with van der Waals surface area (Å²) in [5.41, 5.74) is 3.74. The summed E-state index contributed by atoms with van der Waals surface area (Å²) < 4.78 is 14.9. The smallest absolute Gasteiger partial charge is 0.175 e. The van der Waals surface area contributed by atoms with Crippen LogP contribution in [0.4, 0.5) is 15.8 Å². The van der Waals surface area contributed by atoms with Gasteiger partial charge in [-0.15, -0.1) is 0 Å². The Labute approximate surface area is 145 Å². The summed E-state index contributed by atoms with van der Waals surface area (Å²) in [6.45, 7) is 2.53. The molecule has 0 saturated carbocycles. The second kappa shape index (κ2) is 7.23. The fourth-order valence-corrected chi connectivity index (χ4v) is 2.50. The molecular weight excluding hydrogens is 323 g/mol. The molecule has 0 saturated heterocycles. The van der Waals surface area contributed by atoms with Crippen LogP contribution >= 0.6 is 12.2 Å². The van der Waals surface area contributed by atoms with Crippen LogP contribution in [0.3, 0.4) is 0 Å². The van der Waals surface area contributed by atoms with Crippen molar-refractivity contribution in [2.45, 2.75) is 13.5 Å². The van der Waals surface area contributed by atoms with Crippen LogP contribution < -0.4 is 10.6 Å². The van der Waals surface area contributed by atoms with Crippen LogP contribution in [0.1, 0.15) is 11.1 Å². The number of thiocarbonyl (C=S) groups is 1. The fraction of sp³-hybridized carbons (Fsp3) is 0.111. The number of rotatable bonds is 4. The van der Waals surface area contributed by atoms with Gasteiger partial charge in [-0.1, -0.05) is 29.8 Å². The maximum atomic E-state index is 13.2. The van der Waals surface area contributed by atoms with Crippen LogP contribution in [0.25, 0.3) is 0 Å². The number of hydrogen-bond acceptors (Lipinski definition) is 2. The van der Waals surface area contributed by atoms with Crippen molar-refractivity contribution in [2.24, 2.45) is 0 Å². The Balaban J connectivity index is 1.59. The summed E-state index contributed by atoms with van der Waals surface area (Å²) >= 11 is 5.30. The number of anilines is 2. The standard InChI is InChI=1S/C18H17FN4S/c1-13-5-7-16(8-6-13)21-18(24)22-17-10-20-23(12-17)11-14-3-2-4-15(19)9-14/h2-10,12H,11H2,1H3,(H2,21,22,24). The van der Waals surface area contributed by atoms with Gasteiger partial charge in [-0.05, 0) is 49.0 Å². The van der Waals surface area contributed by atoms with Gasteiger partial charge in [0, 0.05) is 11.9 Å². The van der Waals surface area contributed by atoms with E-state index in [1.165, 1.54) is 17.7 Å². The summed E-state index contributed by atoms with van der Waals surface area (Å²) in [5, 5.41) is 11.0. The van der Waals surface area contributed by atoms with E-state index in [1.807, 2.05) is 43.5 Å². The van der Waals surface area contributed by atoms with Crippen molar-refractivity contribution >= 4 is 28.7 Å². The van der Waals surface area contributed by atoms with Gasteiger partial charge < -0.3 is 10.6 Å². The minimum absolute atomic E-state index is 0.249. The highest BCUT2D eigenvalue weighted by molar-refractivity contribution is 7.80. The molecule has 0 aliphatic heterocycles. The van der Waals surface area contributed by atoms with E-state index in [2.05, 4.69) is 15.7 Å². The number of nitrogens with one attached hydrogen (secondary N) is 2. The summed E-state index contributed by atoms with van der Waals surface area (Å²) in [7, 11) is 0. The Bertz CT molecular complexity index is 842. The molecule has 6 heteroatoms. The summed E-state index contributed by atoms with van der Waals surface area (Å²) in [6.07, 6.45) is 3.51. The monoisotopic (exact) mass is 340 g/mol. The molecular formula is C18H17FN4S. The lowest BCUT2D eigenvalue weighted by atomic mass is 10.2. The van der Waals surface area contributed by atoms with Crippen LogP contribution in [0.5, 0.6) is 0 Å². The average molecular weight is 340 g/mol. The first-order valence-corrected chi connectivity index (χ1v) is 7.91. The molecule has 0 spiro atoms. The zero-order chi connectivity index (χ0) is 16.9. The van der Waals surface area contributed by atoms with Crippen LogP contribution in [0, 0.1) is 12.7 Å². The van der Waals surface area contributed by atoms with Gasteiger partial charge in [-0.3, -0.25) is 4.68 Å². The highest BCUT2D eigenvalue weighted by Crippen LogP contribution is 2.12. The molecule has 0 atom stereocenters. The SMILES string of the molecule is Cc1ccc(NC(=S)Nc2cnn(Cc3cccc(F)c3)c2)cc1. The molecule has 3 aromatic rings. The highest BCUT2D eigenvalue weighted by Gasteiger charge is 2.03. The Kier molecular flexibility index (Phi) is 4.86. The van der Waals surface area contributed by atoms with E-state index >= 15 is 0 Å². The molecule has 1 heterocycles. The molecule has 24 heavy (non-hydrogen) atoms. The van der Waals surface area contributed by atoms with Crippen LogP contribution in [-0.4, -0.2) is 14.9 Å². The number of benzene rings is 2. The highest BCUT2D eigenvalue weighted by atomic mass is 32.1. The third-order valence-corrected chi connectivity index (χ3v) is 3.64. The predicted molar refractivity (Wildman–Crippen MR) is 98.8 cm³/mol. The van der Waals surface area contributed by atoms with E-state index in [0.29, 0.717) is 11.7 Å². The molecule has 1 aromatic heterocycles. The number of aromatic nitrogens is 2. The maximum absolute atomic E-state index is 13.2. The third kappa shape index (κ3) is 4.39. The van der Waals surface area contributed by atoms with E-state index in [-0.39, 0.29) is 5.82 Å². The molecule has 122 valence electrons. The fourth-order valence-electron chi connectivity index (χ4n) is 2.27. The Morgan fingerprint density at radius 2 is 1.88 bits per heavy atom. The summed E-state index contributed by atoms with van der Waals surface area (Å²) in [5.74, 6) is -0.249. The molecule has 0 radical (unpaired) electrons. The number of aryl methyl sites for hydroxylation is 1. The molecule has 0 aliphatic rings. The van der Waals surface area contributed by atoms with Gasteiger partial charge in [0.05, 0.1) is 18.4 Å². The minimum Gasteiger partial charge on any atom is -0.332 e. The molecule has 0 unspecified atom stereocenters. The molecule has 0 aliphatic carbocycles. The predicted octanol–water partition coefficient (Wildman–Crippen LogP) is 4.19. The lowest BCUT2D eigenvalue weighted by Gasteiger charge is -2.09. The second-order valence-corrected chi connectivity index (χ2v) is 5.91. The molecule has 0 bridgehead atoms. The molecule has 0 fully saturated rings. The summed E-state index contributed by atoms with van der Waals surface area (Å²) in [4.78, 5) is 0. The first-order chi connectivity index (χ1) is 11.6. The van der Waals surface area contributed by atoms with Crippen molar-refractivity contribution in [3.05, 3.63) is 77.9 Å². The van der Waals surface area contributed by atoms with Crippen molar-refractivity contribution in [3.8, 4) is 0 Å². The topological polar surface area (TPSA) is 41.9 Å². The maximum Gasteiger partial charge on any atom is 0.175 e. The van der Waals surface area contributed by atoms with Gasteiger partial charge in [0.1, 0.15) is 5.82 Å². The van der Waals surface area contributed by atoms with E-state index < -0.39 is 0 Å². The summed E-state index contributed by atoms with van der Waals surface area (Å²) in [6, 6.07) is 14.4. The Morgan fingerprint density at radius 3 is 2.62 bits per heavy atom. The Hall–Kier alpha value is -2.73. The van der Waals surface area contributed by atoms with Crippen LogP contribution in [0.15, 0.2) is 60.9 Å². The molecule has 3 rings (SSSR count). The van der Waals surface area contributed by atoms with Crippen molar-refractivity contribution in [1.82, 2.24) is 9.78 Å². The Morgan fingerprint density at radius 1 is 1.12 bits per heavy atom. The quantitative estimate of drug-likeness (QED) is 0.699. The lowest BCUT2D eigenvalue weighted by molar-refractivity contribution is 0.619. The first-order valence-electron chi connectivity index (χ1n) is 7.50. The average Bonchev–Trinajstić information content (AvgIpc) is 2.96. The van der Waals surface area contributed by atoms with Crippen molar-refractivity contribution in [1.29, 1.82) is 0 Å².